The van der Waals surface area contributed by atoms with E-state index in [1.54, 1.807) is 18.2 Å². The number of nitrogens with zero attached hydrogens (tertiary/aromatic N) is 1. The monoisotopic (exact) mass is 428 g/mol. The van der Waals surface area contributed by atoms with Crippen molar-refractivity contribution in [2.45, 2.75) is 0 Å². The fourth-order valence-corrected chi connectivity index (χ4v) is 4.08. The maximum absolute atomic E-state index is 12.6. The number of non-ortho nitro benzene ring substituents is 1. The zero-order chi connectivity index (χ0) is 15.1. The van der Waals surface area contributed by atoms with Gasteiger partial charge in [-0.2, -0.15) is 0 Å². The van der Waals surface area contributed by atoms with Crippen LogP contribution in [0.2, 0.25) is 0 Å². The summed E-state index contributed by atoms with van der Waals surface area (Å²) >= 11 is 7.95. The van der Waals surface area contributed by atoms with Gasteiger partial charge in [0.2, 0.25) is 5.78 Å². The molecule has 1 aromatic carbocycles. The molecule has 3 rings (SSSR count). The molecule has 0 unspecified atom stereocenters. The first kappa shape index (κ1) is 14.4. The average molecular weight is 430 g/mol. The zero-order valence-corrected chi connectivity index (χ0v) is 14.2. The summed E-state index contributed by atoms with van der Waals surface area (Å²) in [6.45, 7) is 0. The number of aromatic amines is 1. The van der Waals surface area contributed by atoms with Crippen molar-refractivity contribution in [1.29, 1.82) is 0 Å². The first-order chi connectivity index (χ1) is 9.99. The summed E-state index contributed by atoms with van der Waals surface area (Å²) in [5.41, 5.74) is 0.799. The number of nitrogens with one attached hydrogen (secondary N) is 1. The highest BCUT2D eigenvalue weighted by atomic mass is 79.9. The Bertz CT molecular complexity index is 865. The normalized spacial score (nSPS) is 11.0. The topological polar surface area (TPSA) is 76.0 Å². The molecule has 0 radical (unpaired) electrons. The highest BCUT2D eigenvalue weighted by Crippen LogP contribution is 2.36. The molecule has 0 amide bonds. The van der Waals surface area contributed by atoms with Crippen molar-refractivity contribution in [3.05, 3.63) is 59.3 Å². The van der Waals surface area contributed by atoms with Crippen LogP contribution in [0.25, 0.3) is 10.9 Å². The van der Waals surface area contributed by atoms with Gasteiger partial charge in [0.15, 0.2) is 0 Å². The Hall–Kier alpha value is -1.51. The van der Waals surface area contributed by atoms with E-state index in [0.717, 1.165) is 8.26 Å². The van der Waals surface area contributed by atoms with Gasteiger partial charge in [-0.05, 0) is 44.0 Å². The Morgan fingerprint density at radius 3 is 2.71 bits per heavy atom. The van der Waals surface area contributed by atoms with Gasteiger partial charge in [0.1, 0.15) is 0 Å². The van der Waals surface area contributed by atoms with E-state index in [2.05, 4.69) is 36.8 Å². The summed E-state index contributed by atoms with van der Waals surface area (Å²) in [4.78, 5) is 26.7. The van der Waals surface area contributed by atoms with E-state index in [1.165, 1.54) is 23.6 Å². The van der Waals surface area contributed by atoms with E-state index in [1.807, 2.05) is 0 Å². The molecule has 0 aliphatic heterocycles. The number of hydrogen-bond acceptors (Lipinski definition) is 4. The lowest BCUT2D eigenvalue weighted by Crippen LogP contribution is -1.99. The molecule has 0 aliphatic rings. The lowest BCUT2D eigenvalue weighted by Gasteiger charge is -1.98. The number of hydrogen-bond donors (Lipinski definition) is 1. The summed E-state index contributed by atoms with van der Waals surface area (Å²) in [5, 5.41) is 11.5. The van der Waals surface area contributed by atoms with Crippen LogP contribution < -0.4 is 0 Å². The van der Waals surface area contributed by atoms with E-state index >= 15 is 0 Å². The molecule has 0 saturated heterocycles. The van der Waals surface area contributed by atoms with E-state index in [4.69, 9.17) is 0 Å². The average Bonchev–Trinajstić information content (AvgIpc) is 3.02. The van der Waals surface area contributed by atoms with Gasteiger partial charge in [0.05, 0.1) is 30.1 Å². The second-order valence-corrected chi connectivity index (χ2v) is 7.45. The quantitative estimate of drug-likeness (QED) is 0.365. The molecule has 8 heteroatoms. The van der Waals surface area contributed by atoms with Gasteiger partial charge >= 0.3 is 0 Å². The van der Waals surface area contributed by atoms with Crippen LogP contribution in [0, 0.1) is 10.1 Å². The number of rotatable bonds is 3. The Labute approximate surface area is 139 Å². The predicted molar refractivity (Wildman–Crippen MR) is 88.1 cm³/mol. The van der Waals surface area contributed by atoms with Gasteiger partial charge in [-0.25, -0.2) is 0 Å². The Balaban J connectivity index is 2.21. The number of H-pyrrole nitrogens is 1. The number of halogens is 2. The number of nitro benzene ring substituents is 1. The summed E-state index contributed by atoms with van der Waals surface area (Å²) in [6, 6.07) is 6.39. The fraction of sp³-hybridized carbons (Fsp3) is 0. The van der Waals surface area contributed by atoms with Crippen molar-refractivity contribution in [2.24, 2.45) is 0 Å². The van der Waals surface area contributed by atoms with Gasteiger partial charge in [-0.15, -0.1) is 11.3 Å². The number of fused-ring (bicyclic) bond motifs is 1. The Morgan fingerprint density at radius 1 is 1.33 bits per heavy atom. The third-order valence-corrected chi connectivity index (χ3v) is 6.25. The van der Waals surface area contributed by atoms with Crippen molar-refractivity contribution < 1.29 is 9.72 Å². The SMILES string of the molecule is O=C(c1cc(Br)c(Br)s1)c1c[nH]c2cccc([N+](=O)[O-])c12. The van der Waals surface area contributed by atoms with Gasteiger partial charge < -0.3 is 4.98 Å². The molecule has 0 aliphatic carbocycles. The minimum atomic E-state index is -0.479. The first-order valence-corrected chi connectivity index (χ1v) is 8.13. The first-order valence-electron chi connectivity index (χ1n) is 5.73. The predicted octanol–water partition coefficient (Wildman–Crippen LogP) is 4.89. The Kier molecular flexibility index (Phi) is 3.68. The lowest BCUT2D eigenvalue weighted by molar-refractivity contribution is -0.383. The zero-order valence-electron chi connectivity index (χ0n) is 10.2. The van der Waals surface area contributed by atoms with Gasteiger partial charge in [0.25, 0.3) is 5.69 Å². The van der Waals surface area contributed by atoms with Crippen LogP contribution in [-0.4, -0.2) is 15.7 Å². The van der Waals surface area contributed by atoms with Crippen molar-refractivity contribution in [3.8, 4) is 0 Å². The van der Waals surface area contributed by atoms with Crippen LogP contribution in [0.1, 0.15) is 15.2 Å². The van der Waals surface area contributed by atoms with E-state index in [-0.39, 0.29) is 11.5 Å². The molecule has 0 fully saturated rings. The minimum Gasteiger partial charge on any atom is -0.360 e. The molecule has 0 saturated carbocycles. The molecule has 0 bridgehead atoms. The molecular weight excluding hydrogens is 424 g/mol. The van der Waals surface area contributed by atoms with Gasteiger partial charge in [-0.1, -0.05) is 6.07 Å². The number of carbonyl (C=O) groups excluding carboxylic acids is 1. The standard InChI is InChI=1S/C13H6Br2N2O3S/c14-7-4-10(21-13(7)15)12(18)6-5-16-8-2-1-3-9(11(6)8)17(19)20/h1-5,16H. The third kappa shape index (κ3) is 2.43. The highest BCUT2D eigenvalue weighted by Gasteiger charge is 2.23. The van der Waals surface area contributed by atoms with E-state index in [9.17, 15) is 14.9 Å². The number of aromatic nitrogens is 1. The maximum atomic E-state index is 12.6. The van der Waals surface area contributed by atoms with Crippen molar-refractivity contribution in [3.63, 3.8) is 0 Å². The van der Waals surface area contributed by atoms with Crippen LogP contribution >= 0.6 is 43.2 Å². The summed E-state index contributed by atoms with van der Waals surface area (Å²) < 4.78 is 1.59. The van der Waals surface area contributed by atoms with Crippen molar-refractivity contribution in [2.75, 3.05) is 0 Å². The minimum absolute atomic E-state index is 0.0770. The van der Waals surface area contributed by atoms with Gasteiger partial charge in [0, 0.05) is 16.7 Å². The highest BCUT2D eigenvalue weighted by molar-refractivity contribution is 9.13. The van der Waals surface area contributed by atoms with Gasteiger partial charge in [-0.3, -0.25) is 14.9 Å². The molecule has 2 aromatic heterocycles. The summed E-state index contributed by atoms with van der Waals surface area (Å²) in [7, 11) is 0. The number of benzene rings is 1. The second kappa shape index (κ2) is 5.36. The maximum Gasteiger partial charge on any atom is 0.279 e. The summed E-state index contributed by atoms with van der Waals surface area (Å²) in [6.07, 6.45) is 1.52. The molecule has 5 nitrogen and oxygen atoms in total. The number of nitro groups is 1. The van der Waals surface area contributed by atoms with E-state index < -0.39 is 4.92 Å². The Morgan fingerprint density at radius 2 is 2.10 bits per heavy atom. The van der Waals surface area contributed by atoms with Crippen LogP contribution in [0.5, 0.6) is 0 Å². The molecule has 2 heterocycles. The van der Waals surface area contributed by atoms with Crippen LogP contribution in [-0.2, 0) is 0 Å². The summed E-state index contributed by atoms with van der Waals surface area (Å²) in [5.74, 6) is -0.244. The number of thiophene rings is 1. The van der Waals surface area contributed by atoms with Crippen molar-refractivity contribution in [1.82, 2.24) is 4.98 Å². The van der Waals surface area contributed by atoms with Crippen LogP contribution in [0.15, 0.2) is 38.7 Å². The molecule has 0 spiro atoms. The van der Waals surface area contributed by atoms with Crippen LogP contribution in [0.4, 0.5) is 5.69 Å². The smallest absolute Gasteiger partial charge is 0.279 e. The van der Waals surface area contributed by atoms with E-state index in [0.29, 0.717) is 21.3 Å². The van der Waals surface area contributed by atoms with Crippen LogP contribution in [0.3, 0.4) is 0 Å². The number of carbonyl (C=O) groups is 1. The molecule has 3 aromatic rings. The number of ketones is 1. The largest absolute Gasteiger partial charge is 0.360 e. The molecule has 1 N–H and O–H groups in total. The second-order valence-electron chi connectivity index (χ2n) is 4.22. The molecule has 106 valence electrons. The van der Waals surface area contributed by atoms with Crippen molar-refractivity contribution >= 4 is 65.6 Å². The third-order valence-electron chi connectivity index (χ3n) is 2.99. The molecule has 21 heavy (non-hydrogen) atoms. The fourth-order valence-electron chi connectivity index (χ4n) is 2.09. The molecular formula is C13H6Br2N2O3S. The lowest BCUT2D eigenvalue weighted by atomic mass is 10.1. The molecule has 0 atom stereocenters.